The second-order valence-electron chi connectivity index (χ2n) is 5.60. The van der Waals surface area contributed by atoms with Crippen LogP contribution in [-0.4, -0.2) is 38.9 Å². The van der Waals surface area contributed by atoms with Gasteiger partial charge in [0.05, 0.1) is 17.6 Å². The van der Waals surface area contributed by atoms with Gasteiger partial charge in [0, 0.05) is 13.1 Å². The number of rotatable bonds is 8. The van der Waals surface area contributed by atoms with Crippen molar-refractivity contribution in [3.05, 3.63) is 65.5 Å². The Kier molecular flexibility index (Phi) is 8.84. The van der Waals surface area contributed by atoms with E-state index < -0.39 is 26.7 Å². The average molecular weight is 417 g/mol. The Labute approximate surface area is 164 Å². The van der Waals surface area contributed by atoms with Crippen LogP contribution in [0.3, 0.4) is 0 Å². The zero-order valence-electron chi connectivity index (χ0n) is 14.8. The largest absolute Gasteiger partial charge is 0.465 e. The van der Waals surface area contributed by atoms with E-state index >= 15 is 0 Å². The summed E-state index contributed by atoms with van der Waals surface area (Å²) >= 11 is 0. The number of hydrogen-bond acceptors (Lipinski definition) is 5. The number of nitrogens with two attached hydrogens (primary N) is 1. The highest BCUT2D eigenvalue weighted by Gasteiger charge is 2.30. The summed E-state index contributed by atoms with van der Waals surface area (Å²) < 4.78 is 45.8. The lowest BCUT2D eigenvalue weighted by atomic mass is 10.2. The van der Waals surface area contributed by atoms with E-state index in [2.05, 4.69) is 4.74 Å². The number of esters is 1. The van der Waals surface area contributed by atoms with Gasteiger partial charge in [-0.15, -0.1) is 12.4 Å². The molecule has 0 saturated carbocycles. The third-order valence-electron chi connectivity index (χ3n) is 3.78. The quantitative estimate of drug-likeness (QED) is 0.668. The fraction of sp³-hybridized carbons (Fsp3) is 0.278. The lowest BCUT2D eigenvalue weighted by Gasteiger charge is -2.23. The summed E-state index contributed by atoms with van der Waals surface area (Å²) in [6.45, 7) is 0.527. The molecule has 0 amide bonds. The molecule has 27 heavy (non-hydrogen) atoms. The normalized spacial score (nSPS) is 11.1. The van der Waals surface area contributed by atoms with Crippen molar-refractivity contribution < 1.29 is 22.3 Å². The molecule has 0 saturated heterocycles. The number of nitrogens with zero attached hydrogens (tertiary/aromatic N) is 1. The highest BCUT2D eigenvalue weighted by Crippen LogP contribution is 2.24. The van der Waals surface area contributed by atoms with E-state index in [0.717, 1.165) is 30.9 Å². The van der Waals surface area contributed by atoms with Crippen molar-refractivity contribution in [2.24, 2.45) is 5.73 Å². The Hall–Kier alpha value is -2.00. The maximum atomic E-state index is 13.7. The van der Waals surface area contributed by atoms with Gasteiger partial charge in [0.2, 0.25) is 10.0 Å². The molecule has 0 unspecified atom stereocenters. The molecule has 0 radical (unpaired) electrons. The van der Waals surface area contributed by atoms with Gasteiger partial charge in [0.15, 0.2) is 0 Å². The van der Waals surface area contributed by atoms with Gasteiger partial charge in [-0.1, -0.05) is 30.3 Å². The van der Waals surface area contributed by atoms with E-state index in [-0.39, 0.29) is 31.1 Å². The first-order valence-electron chi connectivity index (χ1n) is 8.02. The molecule has 0 heterocycles. The van der Waals surface area contributed by atoms with Crippen molar-refractivity contribution in [2.75, 3.05) is 20.2 Å². The molecule has 0 bridgehead atoms. The third kappa shape index (κ3) is 5.74. The topological polar surface area (TPSA) is 89.7 Å². The van der Waals surface area contributed by atoms with Crippen LogP contribution < -0.4 is 5.73 Å². The van der Waals surface area contributed by atoms with Gasteiger partial charge in [0.1, 0.15) is 5.82 Å². The fourth-order valence-electron chi connectivity index (χ4n) is 2.47. The van der Waals surface area contributed by atoms with Crippen LogP contribution in [0.2, 0.25) is 0 Å². The van der Waals surface area contributed by atoms with Crippen molar-refractivity contribution in [1.82, 2.24) is 4.31 Å². The average Bonchev–Trinajstić information content (AvgIpc) is 2.65. The minimum Gasteiger partial charge on any atom is -0.465 e. The molecule has 0 aliphatic carbocycles. The number of carbonyl (C=O) groups excluding carboxylic acids is 1. The van der Waals surface area contributed by atoms with E-state index in [1.807, 2.05) is 6.07 Å². The SMILES string of the molecule is COC(=O)c1ccc(F)cc1S(=O)(=O)N(CCCN)Cc1ccccc1.Cl. The van der Waals surface area contributed by atoms with Crippen molar-refractivity contribution >= 4 is 28.4 Å². The van der Waals surface area contributed by atoms with Crippen LogP contribution >= 0.6 is 12.4 Å². The van der Waals surface area contributed by atoms with Gasteiger partial charge >= 0.3 is 5.97 Å². The first kappa shape index (κ1) is 23.0. The zero-order valence-corrected chi connectivity index (χ0v) is 16.4. The summed E-state index contributed by atoms with van der Waals surface area (Å²) in [7, 11) is -3.01. The van der Waals surface area contributed by atoms with E-state index in [0.29, 0.717) is 13.0 Å². The number of sulfonamides is 1. The smallest absolute Gasteiger partial charge is 0.339 e. The number of ether oxygens (including phenoxy) is 1. The highest BCUT2D eigenvalue weighted by molar-refractivity contribution is 7.89. The van der Waals surface area contributed by atoms with Gasteiger partial charge < -0.3 is 10.5 Å². The summed E-state index contributed by atoms with van der Waals surface area (Å²) in [5, 5.41) is 0. The predicted octanol–water partition coefficient (Wildman–Crippen LogP) is 2.57. The molecule has 0 atom stereocenters. The van der Waals surface area contributed by atoms with Crippen LogP contribution in [-0.2, 0) is 21.3 Å². The summed E-state index contributed by atoms with van der Waals surface area (Å²) in [6.07, 6.45) is 0.426. The van der Waals surface area contributed by atoms with Crippen LogP contribution in [0.25, 0.3) is 0 Å². The molecule has 2 aromatic rings. The van der Waals surface area contributed by atoms with E-state index in [1.54, 1.807) is 24.3 Å². The summed E-state index contributed by atoms with van der Waals surface area (Å²) in [5.41, 5.74) is 6.08. The lowest BCUT2D eigenvalue weighted by molar-refractivity contribution is 0.0596. The highest BCUT2D eigenvalue weighted by atomic mass is 35.5. The van der Waals surface area contributed by atoms with Crippen LogP contribution in [0.4, 0.5) is 4.39 Å². The molecule has 2 rings (SSSR count). The molecule has 148 valence electrons. The molecule has 0 spiro atoms. The summed E-state index contributed by atoms with van der Waals surface area (Å²) in [4.78, 5) is 11.5. The minimum absolute atomic E-state index is 0. The molecule has 9 heteroatoms. The fourth-order valence-corrected chi connectivity index (χ4v) is 4.12. The standard InChI is InChI=1S/C18H21FN2O4S.ClH/c1-25-18(22)16-9-8-15(19)12-17(16)26(23,24)21(11-5-10-20)13-14-6-3-2-4-7-14;/h2-4,6-9,12H,5,10-11,13,20H2,1H3;1H. The summed E-state index contributed by atoms with van der Waals surface area (Å²) in [5.74, 6) is -1.60. The van der Waals surface area contributed by atoms with Crippen molar-refractivity contribution in [2.45, 2.75) is 17.9 Å². The third-order valence-corrected chi connectivity index (χ3v) is 5.67. The van der Waals surface area contributed by atoms with E-state index in [9.17, 15) is 17.6 Å². The second kappa shape index (κ2) is 10.4. The minimum atomic E-state index is -4.14. The number of carbonyl (C=O) groups is 1. The first-order chi connectivity index (χ1) is 12.4. The van der Waals surface area contributed by atoms with Crippen molar-refractivity contribution in [3.8, 4) is 0 Å². The van der Waals surface area contributed by atoms with Crippen LogP contribution in [0.1, 0.15) is 22.3 Å². The number of halogens is 2. The Morgan fingerprint density at radius 1 is 1.19 bits per heavy atom. The Morgan fingerprint density at radius 3 is 2.44 bits per heavy atom. The zero-order chi connectivity index (χ0) is 19.2. The van der Waals surface area contributed by atoms with Crippen molar-refractivity contribution in [1.29, 1.82) is 0 Å². The van der Waals surface area contributed by atoms with Crippen LogP contribution in [0.15, 0.2) is 53.4 Å². The molecule has 2 N–H and O–H groups in total. The molecule has 0 aliphatic rings. The molecule has 2 aromatic carbocycles. The number of methoxy groups -OCH3 is 1. The first-order valence-corrected chi connectivity index (χ1v) is 9.46. The molecule has 0 aliphatic heterocycles. The molecular weight excluding hydrogens is 395 g/mol. The van der Waals surface area contributed by atoms with Gasteiger partial charge in [-0.2, -0.15) is 4.31 Å². The van der Waals surface area contributed by atoms with Gasteiger partial charge in [-0.25, -0.2) is 17.6 Å². The summed E-state index contributed by atoms with van der Waals surface area (Å²) in [6, 6.07) is 12.0. The number of hydrogen-bond donors (Lipinski definition) is 1. The molecular formula is C18H22ClFN2O4S. The molecule has 0 aromatic heterocycles. The van der Waals surface area contributed by atoms with E-state index in [1.165, 1.54) is 4.31 Å². The molecule has 0 fully saturated rings. The maximum absolute atomic E-state index is 13.7. The maximum Gasteiger partial charge on any atom is 0.339 e. The predicted molar refractivity (Wildman–Crippen MR) is 103 cm³/mol. The van der Waals surface area contributed by atoms with E-state index in [4.69, 9.17) is 5.73 Å². The monoisotopic (exact) mass is 416 g/mol. The Morgan fingerprint density at radius 2 is 1.85 bits per heavy atom. The van der Waals surface area contributed by atoms with Gasteiger partial charge in [-0.3, -0.25) is 0 Å². The van der Waals surface area contributed by atoms with Crippen LogP contribution in [0.5, 0.6) is 0 Å². The number of benzene rings is 2. The molecule has 6 nitrogen and oxygen atoms in total. The van der Waals surface area contributed by atoms with Gasteiger partial charge in [-0.05, 0) is 36.7 Å². The lowest BCUT2D eigenvalue weighted by Crippen LogP contribution is -2.33. The van der Waals surface area contributed by atoms with Crippen LogP contribution in [0, 0.1) is 5.82 Å². The Bertz CT molecular complexity index is 863. The van der Waals surface area contributed by atoms with Crippen molar-refractivity contribution in [3.63, 3.8) is 0 Å². The second-order valence-corrected chi connectivity index (χ2v) is 7.50. The van der Waals surface area contributed by atoms with Gasteiger partial charge in [0.25, 0.3) is 0 Å². The Balaban J connectivity index is 0.00000364.